The first-order valence-corrected chi connectivity index (χ1v) is 7.07. The first-order valence-electron chi connectivity index (χ1n) is 5.84. The van der Waals surface area contributed by atoms with Gasteiger partial charge in [-0.3, -0.25) is 4.79 Å². The second-order valence-electron chi connectivity index (χ2n) is 4.08. The van der Waals surface area contributed by atoms with E-state index in [0.29, 0.717) is 13.2 Å². The number of carbonyl (C=O) groups excluding carboxylic acids is 2. The second-order valence-corrected chi connectivity index (χ2v) is 5.36. The molecule has 1 fully saturated rings. The lowest BCUT2D eigenvalue weighted by Crippen LogP contribution is -2.48. The summed E-state index contributed by atoms with van der Waals surface area (Å²) in [6.45, 7) is 2.64. The van der Waals surface area contributed by atoms with Crippen molar-refractivity contribution < 1.29 is 14.3 Å². The van der Waals surface area contributed by atoms with Gasteiger partial charge in [-0.1, -0.05) is 6.42 Å². The van der Waals surface area contributed by atoms with Gasteiger partial charge in [0, 0.05) is 11.3 Å². The van der Waals surface area contributed by atoms with Gasteiger partial charge in [0.15, 0.2) is 0 Å². The second kappa shape index (κ2) is 6.74. The zero-order valence-electron chi connectivity index (χ0n) is 10.4. The average molecular weight is 260 g/mol. The van der Waals surface area contributed by atoms with Crippen LogP contribution in [0.15, 0.2) is 0 Å². The van der Waals surface area contributed by atoms with Crippen LogP contribution >= 0.6 is 11.8 Å². The molecule has 0 aliphatic heterocycles. The number of hydrogen-bond acceptors (Lipinski definition) is 4. The van der Waals surface area contributed by atoms with Crippen molar-refractivity contribution in [1.82, 2.24) is 10.6 Å². The van der Waals surface area contributed by atoms with Crippen LogP contribution < -0.4 is 10.6 Å². The zero-order valence-corrected chi connectivity index (χ0v) is 11.2. The number of rotatable bonds is 6. The van der Waals surface area contributed by atoms with Crippen LogP contribution in [0, 0.1) is 0 Å². The lowest BCUT2D eigenvalue weighted by molar-refractivity contribution is -0.141. The molecule has 0 aromatic carbocycles. The maximum Gasteiger partial charge on any atom is 0.325 e. The van der Waals surface area contributed by atoms with Crippen LogP contribution in [0.4, 0.5) is 4.79 Å². The molecule has 0 spiro atoms. The van der Waals surface area contributed by atoms with E-state index in [1.807, 2.05) is 0 Å². The topological polar surface area (TPSA) is 67.4 Å². The number of thioether (sulfide) groups is 1. The Bertz CT molecular complexity index is 274. The van der Waals surface area contributed by atoms with Crippen molar-refractivity contribution in [2.24, 2.45) is 0 Å². The molecule has 0 unspecified atom stereocenters. The third kappa shape index (κ3) is 4.46. The van der Waals surface area contributed by atoms with Gasteiger partial charge >= 0.3 is 12.0 Å². The molecule has 98 valence electrons. The van der Waals surface area contributed by atoms with Gasteiger partial charge in [0.2, 0.25) is 0 Å². The van der Waals surface area contributed by atoms with Gasteiger partial charge in [0.05, 0.1) is 6.61 Å². The summed E-state index contributed by atoms with van der Waals surface area (Å²) in [6, 6.07) is -0.307. The fourth-order valence-electron chi connectivity index (χ4n) is 1.69. The minimum absolute atomic E-state index is 0.0774. The first-order chi connectivity index (χ1) is 8.12. The van der Waals surface area contributed by atoms with Crippen LogP contribution in [0.1, 0.15) is 26.2 Å². The normalized spacial score (nSPS) is 16.8. The Morgan fingerprint density at radius 2 is 2.06 bits per heavy atom. The molecule has 1 aliphatic carbocycles. The maximum atomic E-state index is 11.4. The standard InChI is InChI=1S/C11H20N2O3S/c1-3-16-9(14)7-12-10(15)13-8-11(17-2)5-4-6-11/h3-8H2,1-2H3,(H2,12,13,15). The van der Waals surface area contributed by atoms with Gasteiger partial charge in [0.25, 0.3) is 0 Å². The van der Waals surface area contributed by atoms with E-state index in [4.69, 9.17) is 4.74 Å². The largest absolute Gasteiger partial charge is 0.465 e. The Labute approximate surface area is 106 Å². The Morgan fingerprint density at radius 3 is 2.53 bits per heavy atom. The molecule has 0 heterocycles. The van der Waals surface area contributed by atoms with E-state index in [0.717, 1.165) is 12.8 Å². The van der Waals surface area contributed by atoms with Crippen molar-refractivity contribution in [2.45, 2.75) is 30.9 Å². The van der Waals surface area contributed by atoms with Gasteiger partial charge in [-0.05, 0) is 26.0 Å². The quantitative estimate of drug-likeness (QED) is 0.703. The Morgan fingerprint density at radius 1 is 1.35 bits per heavy atom. The molecule has 0 aromatic rings. The van der Waals surface area contributed by atoms with Crippen molar-refractivity contribution in [3.63, 3.8) is 0 Å². The van der Waals surface area contributed by atoms with E-state index in [2.05, 4.69) is 16.9 Å². The number of ether oxygens (including phenoxy) is 1. The first kappa shape index (κ1) is 14.2. The summed E-state index contributed by atoms with van der Waals surface area (Å²) < 4.78 is 4.92. The Hall–Kier alpha value is -0.910. The highest BCUT2D eigenvalue weighted by molar-refractivity contribution is 8.00. The molecular formula is C11H20N2O3S. The van der Waals surface area contributed by atoms with Crippen LogP contribution in [0.5, 0.6) is 0 Å². The van der Waals surface area contributed by atoms with Gasteiger partial charge in [-0.15, -0.1) is 0 Å². The van der Waals surface area contributed by atoms with Crippen molar-refractivity contribution in [2.75, 3.05) is 26.0 Å². The molecule has 1 rings (SSSR count). The molecule has 0 atom stereocenters. The number of hydrogen-bond donors (Lipinski definition) is 2. The van der Waals surface area contributed by atoms with Gasteiger partial charge in [-0.2, -0.15) is 11.8 Å². The van der Waals surface area contributed by atoms with Crippen LogP contribution in [-0.4, -0.2) is 42.7 Å². The summed E-state index contributed by atoms with van der Waals surface area (Å²) in [5.74, 6) is -0.411. The summed E-state index contributed by atoms with van der Waals surface area (Å²) in [4.78, 5) is 22.4. The highest BCUT2D eigenvalue weighted by Crippen LogP contribution is 2.42. The van der Waals surface area contributed by atoms with Crippen LogP contribution in [0.3, 0.4) is 0 Å². The molecule has 2 N–H and O–H groups in total. The maximum absolute atomic E-state index is 11.4. The number of amides is 2. The van der Waals surface area contributed by atoms with Crippen molar-refractivity contribution in [1.29, 1.82) is 0 Å². The van der Waals surface area contributed by atoms with Gasteiger partial charge in [-0.25, -0.2) is 4.79 Å². The highest BCUT2D eigenvalue weighted by atomic mass is 32.2. The zero-order chi connectivity index (χ0) is 12.7. The van der Waals surface area contributed by atoms with E-state index >= 15 is 0 Å². The number of carbonyl (C=O) groups is 2. The van der Waals surface area contributed by atoms with Crippen molar-refractivity contribution in [3.05, 3.63) is 0 Å². The summed E-state index contributed by atoms with van der Waals surface area (Å²) in [7, 11) is 0. The minimum atomic E-state index is -0.411. The smallest absolute Gasteiger partial charge is 0.325 e. The number of urea groups is 1. The summed E-state index contributed by atoms with van der Waals surface area (Å²) >= 11 is 1.80. The molecule has 6 heteroatoms. The van der Waals surface area contributed by atoms with Crippen LogP contribution in [-0.2, 0) is 9.53 Å². The third-order valence-corrected chi connectivity index (χ3v) is 4.39. The summed E-state index contributed by atoms with van der Waals surface area (Å²) in [6.07, 6.45) is 5.59. The van der Waals surface area contributed by atoms with E-state index in [-0.39, 0.29) is 17.3 Å². The van der Waals surface area contributed by atoms with Gasteiger partial charge in [0.1, 0.15) is 6.54 Å². The summed E-state index contributed by atoms with van der Waals surface area (Å²) in [5.41, 5.74) is 0. The van der Waals surface area contributed by atoms with E-state index in [1.54, 1.807) is 18.7 Å². The molecule has 5 nitrogen and oxygen atoms in total. The molecule has 2 amide bonds. The third-order valence-electron chi connectivity index (χ3n) is 2.97. The van der Waals surface area contributed by atoms with Gasteiger partial charge < -0.3 is 15.4 Å². The Kier molecular flexibility index (Phi) is 5.61. The fourth-order valence-corrected chi connectivity index (χ4v) is 2.61. The average Bonchev–Trinajstić information content (AvgIpc) is 2.26. The Balaban J connectivity index is 2.15. The molecule has 0 saturated heterocycles. The monoisotopic (exact) mass is 260 g/mol. The van der Waals surface area contributed by atoms with E-state index < -0.39 is 5.97 Å². The van der Waals surface area contributed by atoms with Crippen molar-refractivity contribution >= 4 is 23.8 Å². The predicted octanol–water partition coefficient (Wildman–Crippen LogP) is 1.13. The molecule has 1 saturated carbocycles. The SMILES string of the molecule is CCOC(=O)CNC(=O)NCC1(SC)CCC1. The van der Waals surface area contributed by atoms with E-state index in [1.165, 1.54) is 6.42 Å². The lowest BCUT2D eigenvalue weighted by Gasteiger charge is -2.40. The molecular weight excluding hydrogens is 240 g/mol. The molecule has 1 aliphatic rings. The molecule has 0 radical (unpaired) electrons. The summed E-state index contributed by atoms with van der Waals surface area (Å²) in [5, 5.41) is 5.27. The number of nitrogens with one attached hydrogen (secondary N) is 2. The van der Waals surface area contributed by atoms with Crippen LogP contribution in [0.2, 0.25) is 0 Å². The highest BCUT2D eigenvalue weighted by Gasteiger charge is 2.36. The molecule has 0 aromatic heterocycles. The molecule has 17 heavy (non-hydrogen) atoms. The van der Waals surface area contributed by atoms with E-state index in [9.17, 15) is 9.59 Å². The lowest BCUT2D eigenvalue weighted by atomic mass is 9.84. The fraction of sp³-hybridized carbons (Fsp3) is 0.818. The molecule has 0 bridgehead atoms. The van der Waals surface area contributed by atoms with Crippen molar-refractivity contribution in [3.8, 4) is 0 Å². The predicted molar refractivity (Wildman–Crippen MR) is 68.1 cm³/mol. The minimum Gasteiger partial charge on any atom is -0.465 e. The number of esters is 1. The van der Waals surface area contributed by atoms with Crippen LogP contribution in [0.25, 0.3) is 0 Å².